The molecule has 0 spiro atoms. The van der Waals surface area contributed by atoms with E-state index in [1.54, 1.807) is 36.7 Å². The molecular weight excluding hydrogens is 266 g/mol. The molecule has 19 heavy (non-hydrogen) atoms. The van der Waals surface area contributed by atoms with Crippen molar-refractivity contribution >= 4 is 17.5 Å². The maximum atomic E-state index is 11.7. The maximum absolute atomic E-state index is 11.7. The summed E-state index contributed by atoms with van der Waals surface area (Å²) in [5, 5.41) is 3.41. The monoisotopic (exact) mass is 279 g/mol. The Labute approximate surface area is 116 Å². The number of rotatable bonds is 5. The first kappa shape index (κ1) is 13.4. The van der Waals surface area contributed by atoms with Crippen molar-refractivity contribution in [3.8, 4) is 5.75 Å². The van der Waals surface area contributed by atoms with Gasteiger partial charge >= 0.3 is 0 Å². The van der Waals surface area contributed by atoms with Crippen molar-refractivity contribution in [2.24, 2.45) is 0 Å². The fourth-order valence-corrected chi connectivity index (χ4v) is 1.67. The highest BCUT2D eigenvalue weighted by molar-refractivity contribution is 6.30. The highest BCUT2D eigenvalue weighted by atomic mass is 35.5. The highest BCUT2D eigenvalue weighted by Crippen LogP contribution is 2.15. The molecule has 2 rings (SSSR count). The van der Waals surface area contributed by atoms with E-state index in [4.69, 9.17) is 16.3 Å². The van der Waals surface area contributed by atoms with E-state index in [1.807, 2.05) is 6.92 Å². The zero-order chi connectivity index (χ0) is 13.7. The van der Waals surface area contributed by atoms with Crippen molar-refractivity contribution in [3.05, 3.63) is 47.5 Å². The molecule has 100 valence electrons. The van der Waals surface area contributed by atoms with E-state index < -0.39 is 0 Å². The zero-order valence-corrected chi connectivity index (χ0v) is 11.1. The van der Waals surface area contributed by atoms with Crippen LogP contribution in [0.4, 0.5) is 0 Å². The predicted octanol–water partition coefficient (Wildman–Crippen LogP) is 2.32. The number of hydrogen-bond acceptors (Lipinski definition) is 3. The first-order chi connectivity index (χ1) is 9.15. The Morgan fingerprint density at radius 1 is 1.47 bits per heavy atom. The summed E-state index contributed by atoms with van der Waals surface area (Å²) >= 11 is 5.76. The molecule has 0 saturated heterocycles. The molecule has 0 aliphatic heterocycles. The number of nitrogens with zero attached hydrogens (tertiary/aromatic N) is 1. The van der Waals surface area contributed by atoms with Crippen LogP contribution in [0.15, 0.2) is 36.7 Å². The van der Waals surface area contributed by atoms with Crippen molar-refractivity contribution in [2.45, 2.75) is 13.0 Å². The summed E-state index contributed by atoms with van der Waals surface area (Å²) in [5.41, 5.74) is 0. The van der Waals surface area contributed by atoms with Gasteiger partial charge in [0.2, 0.25) is 0 Å². The lowest BCUT2D eigenvalue weighted by Gasteiger charge is -2.12. The molecule has 0 saturated carbocycles. The molecule has 0 fully saturated rings. The molecule has 0 aliphatic rings. The van der Waals surface area contributed by atoms with Gasteiger partial charge in [-0.05, 0) is 31.2 Å². The van der Waals surface area contributed by atoms with Gasteiger partial charge in [-0.2, -0.15) is 0 Å². The van der Waals surface area contributed by atoms with Crippen molar-refractivity contribution in [2.75, 3.05) is 6.61 Å². The summed E-state index contributed by atoms with van der Waals surface area (Å²) in [5.74, 6) is 1.10. The van der Waals surface area contributed by atoms with E-state index in [0.29, 0.717) is 16.6 Å². The summed E-state index contributed by atoms with van der Waals surface area (Å²) in [6.07, 6.45) is 3.35. The van der Waals surface area contributed by atoms with Crippen LogP contribution in [0.5, 0.6) is 5.75 Å². The number of carbonyl (C=O) groups excluding carboxylic acids is 1. The molecule has 0 radical (unpaired) electrons. The molecule has 1 amide bonds. The molecule has 1 unspecified atom stereocenters. The van der Waals surface area contributed by atoms with Crippen molar-refractivity contribution in [1.29, 1.82) is 0 Å². The fourth-order valence-electron chi connectivity index (χ4n) is 1.55. The van der Waals surface area contributed by atoms with Gasteiger partial charge in [-0.15, -0.1) is 0 Å². The van der Waals surface area contributed by atoms with Crippen LogP contribution >= 0.6 is 11.6 Å². The molecule has 0 bridgehead atoms. The topological polar surface area (TPSA) is 67.0 Å². The summed E-state index contributed by atoms with van der Waals surface area (Å²) in [6.45, 7) is 1.80. The number of aromatic nitrogens is 2. The molecule has 5 nitrogen and oxygen atoms in total. The smallest absolute Gasteiger partial charge is 0.258 e. The van der Waals surface area contributed by atoms with E-state index >= 15 is 0 Å². The Morgan fingerprint density at radius 2 is 2.21 bits per heavy atom. The van der Waals surface area contributed by atoms with Crippen LogP contribution in [0.2, 0.25) is 5.02 Å². The van der Waals surface area contributed by atoms with Gasteiger partial charge in [0.1, 0.15) is 11.6 Å². The van der Waals surface area contributed by atoms with Crippen LogP contribution < -0.4 is 10.1 Å². The molecule has 2 aromatic rings. The molecule has 1 atom stereocenters. The number of benzene rings is 1. The Balaban J connectivity index is 1.80. The van der Waals surface area contributed by atoms with Crippen LogP contribution in [0.25, 0.3) is 0 Å². The van der Waals surface area contributed by atoms with Crippen molar-refractivity contribution in [1.82, 2.24) is 15.3 Å². The summed E-state index contributed by atoms with van der Waals surface area (Å²) in [4.78, 5) is 18.7. The largest absolute Gasteiger partial charge is 0.484 e. The van der Waals surface area contributed by atoms with Gasteiger partial charge in [0, 0.05) is 17.4 Å². The van der Waals surface area contributed by atoms with E-state index in [9.17, 15) is 4.79 Å². The van der Waals surface area contributed by atoms with E-state index in [-0.39, 0.29) is 18.6 Å². The van der Waals surface area contributed by atoms with Gasteiger partial charge < -0.3 is 15.0 Å². The van der Waals surface area contributed by atoms with Crippen LogP contribution in [-0.4, -0.2) is 22.5 Å². The Morgan fingerprint density at radius 3 is 2.84 bits per heavy atom. The van der Waals surface area contributed by atoms with Gasteiger partial charge in [0.15, 0.2) is 6.61 Å². The van der Waals surface area contributed by atoms with E-state index in [2.05, 4.69) is 15.3 Å². The minimum atomic E-state index is -0.209. The predicted molar refractivity (Wildman–Crippen MR) is 72.1 cm³/mol. The SMILES string of the molecule is CC(NC(=O)COc1ccc(Cl)cc1)c1ncc[nH]1. The Kier molecular flexibility index (Phi) is 4.41. The van der Waals surface area contributed by atoms with Gasteiger partial charge in [0.05, 0.1) is 6.04 Å². The third kappa shape index (κ3) is 3.99. The van der Waals surface area contributed by atoms with E-state index in [1.165, 1.54) is 0 Å². The minimum absolute atomic E-state index is 0.0489. The number of nitrogens with one attached hydrogen (secondary N) is 2. The zero-order valence-electron chi connectivity index (χ0n) is 10.4. The fraction of sp³-hybridized carbons (Fsp3) is 0.231. The minimum Gasteiger partial charge on any atom is -0.484 e. The summed E-state index contributed by atoms with van der Waals surface area (Å²) in [7, 11) is 0. The quantitative estimate of drug-likeness (QED) is 0.883. The molecule has 1 aromatic heterocycles. The molecule has 1 heterocycles. The van der Waals surface area contributed by atoms with Gasteiger partial charge in [-0.3, -0.25) is 4.79 Å². The first-order valence-corrected chi connectivity index (χ1v) is 6.20. The van der Waals surface area contributed by atoms with Gasteiger partial charge in [-0.25, -0.2) is 4.98 Å². The molecule has 2 N–H and O–H groups in total. The lowest BCUT2D eigenvalue weighted by molar-refractivity contribution is -0.123. The normalized spacial score (nSPS) is 11.9. The van der Waals surface area contributed by atoms with Crippen LogP contribution in [0.1, 0.15) is 18.8 Å². The molecule has 1 aromatic carbocycles. The maximum Gasteiger partial charge on any atom is 0.258 e. The molecule has 6 heteroatoms. The standard InChI is InChI=1S/C13H14ClN3O2/c1-9(13-15-6-7-16-13)17-12(18)8-19-11-4-2-10(14)3-5-11/h2-7,9H,8H2,1H3,(H,15,16)(H,17,18). The van der Waals surface area contributed by atoms with Gasteiger partial charge in [-0.1, -0.05) is 11.6 Å². The number of halogens is 1. The number of imidazole rings is 1. The third-order valence-corrected chi connectivity index (χ3v) is 2.74. The summed E-state index contributed by atoms with van der Waals surface area (Å²) < 4.78 is 5.34. The number of hydrogen-bond donors (Lipinski definition) is 2. The third-order valence-electron chi connectivity index (χ3n) is 2.49. The number of amides is 1. The van der Waals surface area contributed by atoms with Crippen molar-refractivity contribution < 1.29 is 9.53 Å². The number of aromatic amines is 1. The average Bonchev–Trinajstić information content (AvgIpc) is 2.92. The molecule has 0 aliphatic carbocycles. The number of carbonyl (C=O) groups is 1. The second-order valence-corrected chi connectivity index (χ2v) is 4.44. The Bertz CT molecular complexity index is 525. The van der Waals surface area contributed by atoms with Crippen LogP contribution in [-0.2, 0) is 4.79 Å². The van der Waals surface area contributed by atoms with E-state index in [0.717, 1.165) is 0 Å². The number of ether oxygens (including phenoxy) is 1. The average molecular weight is 280 g/mol. The van der Waals surface area contributed by atoms with Gasteiger partial charge in [0.25, 0.3) is 5.91 Å². The molecular formula is C13H14ClN3O2. The second kappa shape index (κ2) is 6.24. The summed E-state index contributed by atoms with van der Waals surface area (Å²) in [6, 6.07) is 6.66. The highest BCUT2D eigenvalue weighted by Gasteiger charge is 2.11. The van der Waals surface area contributed by atoms with Crippen LogP contribution in [0.3, 0.4) is 0 Å². The first-order valence-electron chi connectivity index (χ1n) is 5.82. The van der Waals surface area contributed by atoms with Crippen LogP contribution in [0, 0.1) is 0 Å². The number of H-pyrrole nitrogens is 1. The second-order valence-electron chi connectivity index (χ2n) is 4.01. The lowest BCUT2D eigenvalue weighted by Crippen LogP contribution is -2.31. The lowest BCUT2D eigenvalue weighted by atomic mass is 10.3. The Hall–Kier alpha value is -2.01. The van der Waals surface area contributed by atoms with Crippen molar-refractivity contribution in [3.63, 3.8) is 0 Å².